The SMILES string of the molecule is C[C@H](Nc1nccc2c1N(CCOC1=CC=C(F)CC1)CCO2)c1ccc(C(=O)O)cc1. The van der Waals surface area contributed by atoms with Crippen molar-refractivity contribution < 1.29 is 23.8 Å². The summed E-state index contributed by atoms with van der Waals surface area (Å²) in [6, 6.07) is 8.54. The van der Waals surface area contributed by atoms with Crippen LogP contribution in [0.1, 0.15) is 41.7 Å². The molecule has 1 aliphatic heterocycles. The van der Waals surface area contributed by atoms with Crippen molar-refractivity contribution in [3.8, 4) is 5.75 Å². The van der Waals surface area contributed by atoms with Gasteiger partial charge in [0.2, 0.25) is 0 Å². The predicted molar refractivity (Wildman–Crippen MR) is 120 cm³/mol. The van der Waals surface area contributed by atoms with Crippen LogP contribution in [0.25, 0.3) is 0 Å². The number of aromatic nitrogens is 1. The van der Waals surface area contributed by atoms with Crippen LogP contribution in [0, 0.1) is 0 Å². The van der Waals surface area contributed by atoms with Crippen molar-refractivity contribution in [2.24, 2.45) is 0 Å². The van der Waals surface area contributed by atoms with E-state index in [1.54, 1.807) is 36.5 Å². The van der Waals surface area contributed by atoms with E-state index in [1.165, 1.54) is 6.08 Å². The maximum Gasteiger partial charge on any atom is 0.335 e. The van der Waals surface area contributed by atoms with Crippen LogP contribution in [0.5, 0.6) is 5.75 Å². The predicted octanol–water partition coefficient (Wildman–Crippen LogP) is 4.70. The zero-order chi connectivity index (χ0) is 22.5. The first-order chi connectivity index (χ1) is 15.5. The van der Waals surface area contributed by atoms with E-state index in [0.717, 1.165) is 22.8 Å². The minimum absolute atomic E-state index is 0.0917. The summed E-state index contributed by atoms with van der Waals surface area (Å²) in [5.74, 6) is 1.18. The third-order valence-corrected chi connectivity index (χ3v) is 5.54. The Hall–Kier alpha value is -3.55. The van der Waals surface area contributed by atoms with Crippen LogP contribution in [0.15, 0.2) is 60.3 Å². The Bertz CT molecular complexity index is 1040. The largest absolute Gasteiger partial charge is 0.496 e. The van der Waals surface area contributed by atoms with E-state index < -0.39 is 5.97 Å². The molecule has 2 heterocycles. The van der Waals surface area contributed by atoms with Crippen molar-refractivity contribution in [2.45, 2.75) is 25.8 Å². The minimum Gasteiger partial charge on any atom is -0.496 e. The number of fused-ring (bicyclic) bond motifs is 1. The van der Waals surface area contributed by atoms with Crippen molar-refractivity contribution in [2.75, 3.05) is 36.5 Å². The molecule has 0 unspecified atom stereocenters. The summed E-state index contributed by atoms with van der Waals surface area (Å²) >= 11 is 0. The van der Waals surface area contributed by atoms with E-state index in [1.807, 2.05) is 13.0 Å². The summed E-state index contributed by atoms with van der Waals surface area (Å²) in [7, 11) is 0. The summed E-state index contributed by atoms with van der Waals surface area (Å²) < 4.78 is 24.9. The number of carbonyl (C=O) groups is 1. The number of hydrogen-bond acceptors (Lipinski definition) is 6. The van der Waals surface area contributed by atoms with Crippen LogP contribution in [-0.4, -0.2) is 42.4 Å². The van der Waals surface area contributed by atoms with Crippen molar-refractivity contribution in [3.05, 3.63) is 71.4 Å². The maximum absolute atomic E-state index is 13.2. The van der Waals surface area contributed by atoms with Crippen LogP contribution in [-0.2, 0) is 4.74 Å². The number of carboxylic acids is 1. The summed E-state index contributed by atoms with van der Waals surface area (Å²) in [5, 5.41) is 12.5. The molecule has 2 aromatic rings. The van der Waals surface area contributed by atoms with Crippen LogP contribution in [0.3, 0.4) is 0 Å². The number of hydrogen-bond donors (Lipinski definition) is 2. The van der Waals surface area contributed by atoms with Gasteiger partial charge in [-0.05, 0) is 36.8 Å². The first-order valence-electron chi connectivity index (χ1n) is 10.7. The fourth-order valence-corrected chi connectivity index (χ4v) is 3.77. The highest BCUT2D eigenvalue weighted by Crippen LogP contribution is 2.38. The average Bonchev–Trinajstić information content (AvgIpc) is 2.80. The number of pyridine rings is 1. The van der Waals surface area contributed by atoms with E-state index in [-0.39, 0.29) is 17.4 Å². The molecule has 1 aliphatic carbocycles. The minimum atomic E-state index is -0.948. The van der Waals surface area contributed by atoms with Gasteiger partial charge in [0.25, 0.3) is 0 Å². The number of benzene rings is 1. The molecule has 1 aromatic carbocycles. The summed E-state index contributed by atoms with van der Waals surface area (Å²) in [5.41, 5.74) is 2.08. The van der Waals surface area contributed by atoms with Crippen molar-refractivity contribution in [3.63, 3.8) is 0 Å². The van der Waals surface area contributed by atoms with Gasteiger partial charge in [-0.3, -0.25) is 0 Å². The Morgan fingerprint density at radius 2 is 2.09 bits per heavy atom. The zero-order valence-corrected chi connectivity index (χ0v) is 17.9. The monoisotopic (exact) mass is 439 g/mol. The first kappa shape index (κ1) is 21.7. The molecule has 0 spiro atoms. The van der Waals surface area contributed by atoms with E-state index in [2.05, 4.69) is 15.2 Å². The van der Waals surface area contributed by atoms with Crippen molar-refractivity contribution >= 4 is 17.5 Å². The van der Waals surface area contributed by atoms with Crippen LogP contribution in [0.4, 0.5) is 15.9 Å². The van der Waals surface area contributed by atoms with Crippen molar-refractivity contribution in [1.29, 1.82) is 0 Å². The topological polar surface area (TPSA) is 83.9 Å². The second-order valence-electron chi connectivity index (χ2n) is 7.73. The Morgan fingerprint density at radius 1 is 1.28 bits per heavy atom. The summed E-state index contributed by atoms with van der Waals surface area (Å²) in [6.45, 7) is 4.38. The Kier molecular flexibility index (Phi) is 6.58. The molecule has 2 N–H and O–H groups in total. The molecule has 168 valence electrons. The second-order valence-corrected chi connectivity index (χ2v) is 7.73. The molecular weight excluding hydrogens is 413 g/mol. The maximum atomic E-state index is 13.2. The number of aromatic carboxylic acids is 1. The van der Waals surface area contributed by atoms with E-state index in [9.17, 15) is 9.18 Å². The lowest BCUT2D eigenvalue weighted by atomic mass is 10.1. The average molecular weight is 439 g/mol. The van der Waals surface area contributed by atoms with Gasteiger partial charge in [0.05, 0.1) is 30.5 Å². The third kappa shape index (κ3) is 5.01. The molecule has 2 aliphatic rings. The van der Waals surface area contributed by atoms with Gasteiger partial charge >= 0.3 is 5.97 Å². The third-order valence-electron chi connectivity index (χ3n) is 5.54. The fourth-order valence-electron chi connectivity index (χ4n) is 3.77. The number of carboxylic acid groups (broad SMARTS) is 1. The van der Waals surface area contributed by atoms with Crippen LogP contribution >= 0.6 is 0 Å². The Balaban J connectivity index is 1.45. The Morgan fingerprint density at radius 3 is 2.81 bits per heavy atom. The Labute approximate surface area is 186 Å². The fraction of sp³-hybridized carbons (Fsp3) is 0.333. The molecule has 0 saturated heterocycles. The van der Waals surface area contributed by atoms with E-state index in [0.29, 0.717) is 45.0 Å². The molecule has 0 radical (unpaired) electrons. The lowest BCUT2D eigenvalue weighted by Gasteiger charge is -2.33. The standard InChI is InChI=1S/C24H26FN3O4/c1-16(17-2-4-18(5-3-17)24(29)30)27-23-22-21(10-11-26-23)32-15-13-28(22)12-14-31-20-8-6-19(25)7-9-20/h2-6,8,10-11,16H,7,9,12-15H2,1H3,(H,26,27)(H,29,30)/t16-/m0/s1. The van der Waals surface area contributed by atoms with Gasteiger partial charge < -0.3 is 24.8 Å². The number of rotatable bonds is 8. The zero-order valence-electron chi connectivity index (χ0n) is 17.9. The second kappa shape index (κ2) is 9.72. The number of nitrogens with one attached hydrogen (secondary N) is 1. The number of halogens is 1. The van der Waals surface area contributed by atoms with Gasteiger partial charge in [0, 0.05) is 25.1 Å². The molecule has 7 nitrogen and oxygen atoms in total. The summed E-state index contributed by atoms with van der Waals surface area (Å²) in [6.07, 6.45) is 5.82. The number of ether oxygens (including phenoxy) is 2. The number of nitrogens with zero attached hydrogens (tertiary/aromatic N) is 2. The molecule has 0 fully saturated rings. The van der Waals surface area contributed by atoms with Crippen LogP contribution in [0.2, 0.25) is 0 Å². The normalized spacial score (nSPS) is 16.2. The van der Waals surface area contributed by atoms with Gasteiger partial charge in [-0.15, -0.1) is 0 Å². The number of anilines is 2. The molecule has 32 heavy (non-hydrogen) atoms. The summed E-state index contributed by atoms with van der Waals surface area (Å²) in [4.78, 5) is 17.8. The van der Waals surface area contributed by atoms with Gasteiger partial charge in [-0.2, -0.15) is 0 Å². The van der Waals surface area contributed by atoms with E-state index >= 15 is 0 Å². The van der Waals surface area contributed by atoms with Gasteiger partial charge in [0.1, 0.15) is 30.5 Å². The lowest BCUT2D eigenvalue weighted by Crippen LogP contribution is -2.36. The van der Waals surface area contributed by atoms with Gasteiger partial charge in [0.15, 0.2) is 5.82 Å². The molecule has 8 heteroatoms. The van der Waals surface area contributed by atoms with Gasteiger partial charge in [-0.25, -0.2) is 14.2 Å². The van der Waals surface area contributed by atoms with Crippen molar-refractivity contribution in [1.82, 2.24) is 4.98 Å². The smallest absolute Gasteiger partial charge is 0.335 e. The highest BCUT2D eigenvalue weighted by molar-refractivity contribution is 5.87. The highest BCUT2D eigenvalue weighted by atomic mass is 19.1. The lowest BCUT2D eigenvalue weighted by molar-refractivity contribution is 0.0697. The molecule has 1 aromatic heterocycles. The molecule has 0 amide bonds. The molecular formula is C24H26FN3O4. The number of allylic oxidation sites excluding steroid dienone is 4. The highest BCUT2D eigenvalue weighted by Gasteiger charge is 2.24. The van der Waals surface area contributed by atoms with Crippen LogP contribution < -0.4 is 15.0 Å². The molecule has 0 bridgehead atoms. The van der Waals surface area contributed by atoms with E-state index in [4.69, 9.17) is 14.6 Å². The molecule has 0 saturated carbocycles. The molecule has 1 atom stereocenters. The van der Waals surface area contributed by atoms with Gasteiger partial charge in [-0.1, -0.05) is 12.1 Å². The molecule has 4 rings (SSSR count). The first-order valence-corrected chi connectivity index (χ1v) is 10.7. The quantitative estimate of drug-likeness (QED) is 0.617.